The van der Waals surface area contributed by atoms with E-state index in [2.05, 4.69) is 21.0 Å². The summed E-state index contributed by atoms with van der Waals surface area (Å²) in [6, 6.07) is 17.9. The van der Waals surface area contributed by atoms with Crippen LogP contribution in [0.2, 0.25) is 0 Å². The Labute approximate surface area is 148 Å². The van der Waals surface area contributed by atoms with Crippen LogP contribution >= 0.6 is 0 Å². The summed E-state index contributed by atoms with van der Waals surface area (Å²) in [6.07, 6.45) is 8.43. The molecular weight excluding hydrogens is 309 g/mol. The average molecular weight is 329 g/mol. The molecule has 0 aromatic carbocycles. The minimum Gasteiger partial charge on any atom is -0.384 e. The van der Waals surface area contributed by atoms with Crippen molar-refractivity contribution in [2.75, 3.05) is 13.7 Å². The first-order valence-corrected chi connectivity index (χ1v) is 8.32. The normalized spacial score (nSPS) is 11.3. The molecule has 0 spiro atoms. The molecule has 0 aliphatic rings. The maximum Gasteiger partial charge on any atom is 0.290 e. The summed E-state index contributed by atoms with van der Waals surface area (Å²) in [6.45, 7) is 0.585. The zero-order valence-electron chi connectivity index (χ0n) is 14.2. The van der Waals surface area contributed by atoms with Crippen molar-refractivity contribution in [2.24, 2.45) is 0 Å². The lowest BCUT2D eigenvalue weighted by atomic mass is 9.38. The lowest BCUT2D eigenvalue weighted by Crippen LogP contribution is -2.46. The highest BCUT2D eigenvalue weighted by Gasteiger charge is 2.28. The number of hydrogen-bond donors (Lipinski definition) is 0. The molecule has 25 heavy (non-hydrogen) atoms. The van der Waals surface area contributed by atoms with Crippen LogP contribution in [0.25, 0.3) is 5.47 Å². The molecule has 3 heterocycles. The van der Waals surface area contributed by atoms with Crippen LogP contribution < -0.4 is 11.2 Å². The monoisotopic (exact) mass is 329 g/mol. The van der Waals surface area contributed by atoms with Crippen molar-refractivity contribution in [3.05, 3.63) is 85.0 Å². The molecule has 3 aromatic heterocycles. The molecule has 5 heteroatoms. The number of hydrogen-bond acceptors (Lipinski definition) is 4. The van der Waals surface area contributed by atoms with Crippen LogP contribution in [0.5, 0.6) is 0 Å². The van der Waals surface area contributed by atoms with Gasteiger partial charge in [0.05, 0.1) is 5.69 Å². The van der Waals surface area contributed by atoms with E-state index >= 15 is 0 Å². The van der Waals surface area contributed by atoms with Gasteiger partial charge in [-0.15, -0.1) is 0 Å². The van der Waals surface area contributed by atoms with E-state index in [9.17, 15) is 0 Å². The zero-order chi connectivity index (χ0) is 17.3. The number of methoxy groups -OCH3 is 1. The van der Waals surface area contributed by atoms with Gasteiger partial charge in [0.2, 0.25) is 0 Å². The third-order valence-corrected chi connectivity index (χ3v) is 3.92. The summed E-state index contributed by atoms with van der Waals surface area (Å²) in [4.78, 5) is 13.7. The molecule has 0 atom stereocenters. The fraction of sp³-hybridized carbons (Fsp3) is 0.150. The van der Waals surface area contributed by atoms with Crippen molar-refractivity contribution in [3.8, 4) is 0 Å². The number of pyridine rings is 3. The summed E-state index contributed by atoms with van der Waals surface area (Å²) < 4.78 is 5.22. The molecule has 4 nitrogen and oxygen atoms in total. The SMILES string of the molecule is COCC/C=C(\B(c1ccccn1)c1ccccn1)c1ccccn1. The Balaban J connectivity index is 2.11. The highest BCUT2D eigenvalue weighted by Crippen LogP contribution is 2.16. The average Bonchev–Trinajstić information content (AvgIpc) is 2.69. The third-order valence-electron chi connectivity index (χ3n) is 3.92. The second-order valence-electron chi connectivity index (χ2n) is 5.60. The van der Waals surface area contributed by atoms with Gasteiger partial charge in [0.1, 0.15) is 0 Å². The van der Waals surface area contributed by atoms with Crippen LogP contribution in [0, 0.1) is 0 Å². The van der Waals surface area contributed by atoms with E-state index in [0.717, 1.165) is 28.8 Å². The van der Waals surface area contributed by atoms with Crippen molar-refractivity contribution in [1.82, 2.24) is 15.0 Å². The van der Waals surface area contributed by atoms with Crippen LogP contribution in [-0.4, -0.2) is 35.4 Å². The van der Waals surface area contributed by atoms with Crippen LogP contribution in [0.3, 0.4) is 0 Å². The van der Waals surface area contributed by atoms with Crippen LogP contribution in [-0.2, 0) is 4.74 Å². The molecule has 0 saturated heterocycles. The lowest BCUT2D eigenvalue weighted by molar-refractivity contribution is 0.204. The molecular formula is C20H20BN3O. The van der Waals surface area contributed by atoms with Crippen LogP contribution in [0.1, 0.15) is 12.1 Å². The summed E-state index contributed by atoms with van der Waals surface area (Å²) >= 11 is 0. The van der Waals surface area contributed by atoms with Crippen molar-refractivity contribution in [3.63, 3.8) is 0 Å². The summed E-state index contributed by atoms with van der Waals surface area (Å²) in [7, 11) is 1.71. The van der Waals surface area contributed by atoms with Crippen LogP contribution in [0.4, 0.5) is 0 Å². The fourth-order valence-electron chi connectivity index (χ4n) is 2.80. The smallest absolute Gasteiger partial charge is 0.290 e. The van der Waals surface area contributed by atoms with Gasteiger partial charge in [-0.3, -0.25) is 15.0 Å². The molecule has 3 aromatic rings. The predicted molar refractivity (Wildman–Crippen MR) is 102 cm³/mol. The highest BCUT2D eigenvalue weighted by atomic mass is 16.5. The standard InChI is InChI=1S/C20H20BN3O/c1-25-16-8-9-17(18-10-2-5-13-22-18)21(19-11-3-6-14-23-19)20-12-4-7-15-24-20/h2-7,9-15H,8,16H2,1H3/b17-9-. The molecule has 0 radical (unpaired) electrons. The molecule has 0 N–H and O–H groups in total. The van der Waals surface area contributed by atoms with Crippen molar-refractivity contribution >= 4 is 23.4 Å². The van der Waals surface area contributed by atoms with E-state index in [1.807, 2.05) is 73.2 Å². The minimum atomic E-state index is -0.0749. The first-order chi connectivity index (χ1) is 12.4. The van der Waals surface area contributed by atoms with E-state index < -0.39 is 0 Å². The van der Waals surface area contributed by atoms with Crippen molar-refractivity contribution in [2.45, 2.75) is 6.42 Å². The van der Waals surface area contributed by atoms with E-state index in [0.29, 0.717) is 6.61 Å². The maximum absolute atomic E-state index is 5.22. The molecule has 0 fully saturated rings. The molecule has 0 bridgehead atoms. The van der Waals surface area contributed by atoms with E-state index in [-0.39, 0.29) is 6.71 Å². The van der Waals surface area contributed by atoms with E-state index in [1.165, 1.54) is 0 Å². The number of aromatic nitrogens is 3. The minimum absolute atomic E-state index is 0.0749. The Morgan fingerprint density at radius 1 is 0.880 bits per heavy atom. The molecule has 0 amide bonds. The quantitative estimate of drug-likeness (QED) is 0.492. The van der Waals surface area contributed by atoms with Gasteiger partial charge in [-0.25, -0.2) is 0 Å². The van der Waals surface area contributed by atoms with Crippen molar-refractivity contribution in [1.29, 1.82) is 0 Å². The highest BCUT2D eigenvalue weighted by molar-refractivity contribution is 6.98. The number of ether oxygens (including phenoxy) is 1. The molecule has 0 saturated carbocycles. The van der Waals surface area contributed by atoms with Gasteiger partial charge in [-0.1, -0.05) is 24.3 Å². The Hall–Kier alpha value is -2.79. The number of nitrogens with zero attached hydrogens (tertiary/aromatic N) is 3. The first-order valence-electron chi connectivity index (χ1n) is 8.32. The van der Waals surface area contributed by atoms with Gasteiger partial charge in [0, 0.05) is 43.5 Å². The van der Waals surface area contributed by atoms with Gasteiger partial charge in [0.25, 0.3) is 6.71 Å². The summed E-state index contributed by atoms with van der Waals surface area (Å²) in [5.41, 5.74) is 3.93. The van der Waals surface area contributed by atoms with Gasteiger partial charge in [-0.2, -0.15) is 0 Å². The molecule has 124 valence electrons. The molecule has 0 unspecified atom stereocenters. The predicted octanol–water partition coefficient (Wildman–Crippen LogP) is 2.14. The zero-order valence-corrected chi connectivity index (χ0v) is 14.2. The van der Waals surface area contributed by atoms with Gasteiger partial charge >= 0.3 is 0 Å². The van der Waals surface area contributed by atoms with Gasteiger partial charge in [0.15, 0.2) is 0 Å². The fourth-order valence-corrected chi connectivity index (χ4v) is 2.80. The van der Waals surface area contributed by atoms with Crippen molar-refractivity contribution < 1.29 is 4.74 Å². The Morgan fingerprint density at radius 2 is 1.48 bits per heavy atom. The van der Waals surface area contributed by atoms with E-state index in [1.54, 1.807) is 7.11 Å². The molecule has 3 rings (SSSR count). The lowest BCUT2D eigenvalue weighted by Gasteiger charge is -2.17. The van der Waals surface area contributed by atoms with Crippen LogP contribution in [0.15, 0.2) is 79.3 Å². The largest absolute Gasteiger partial charge is 0.384 e. The summed E-state index contributed by atoms with van der Waals surface area (Å²) in [5, 5.41) is 0. The Bertz CT molecular complexity index is 755. The molecule has 0 aliphatic carbocycles. The Kier molecular flexibility index (Phi) is 6.07. The summed E-state index contributed by atoms with van der Waals surface area (Å²) in [5.74, 6) is 0. The Morgan fingerprint density at radius 3 is 1.96 bits per heavy atom. The molecule has 0 aliphatic heterocycles. The first kappa shape index (κ1) is 17.1. The second-order valence-corrected chi connectivity index (χ2v) is 5.60. The van der Waals surface area contributed by atoms with Gasteiger partial charge < -0.3 is 4.74 Å². The third kappa shape index (κ3) is 4.40. The van der Waals surface area contributed by atoms with Gasteiger partial charge in [-0.05, 0) is 48.3 Å². The number of rotatable bonds is 7. The van der Waals surface area contributed by atoms with E-state index in [4.69, 9.17) is 4.74 Å². The second kappa shape index (κ2) is 8.90. The topological polar surface area (TPSA) is 47.9 Å². The maximum atomic E-state index is 5.22.